The Morgan fingerprint density at radius 3 is 2.72 bits per heavy atom. The molecule has 3 fully saturated rings. The molecular formula is C26H26F5N5O3. The van der Waals surface area contributed by atoms with Crippen LogP contribution in [0.25, 0.3) is 10.9 Å². The second-order valence-electron chi connectivity index (χ2n) is 10.6. The zero-order valence-electron chi connectivity index (χ0n) is 20.7. The number of nitrogens with zero attached hydrogens (tertiary/aromatic N) is 2. The van der Waals surface area contributed by atoms with Crippen molar-refractivity contribution in [2.75, 3.05) is 13.1 Å². The number of carbonyl (C=O) groups excluding carboxylic acids is 3. The van der Waals surface area contributed by atoms with Crippen LogP contribution in [-0.4, -0.2) is 58.7 Å². The smallest absolute Gasteiger partial charge is 0.271 e. The van der Waals surface area contributed by atoms with Gasteiger partial charge in [-0.15, -0.1) is 0 Å². The Labute approximate surface area is 219 Å². The van der Waals surface area contributed by atoms with Gasteiger partial charge in [0.05, 0.1) is 11.6 Å². The van der Waals surface area contributed by atoms with Gasteiger partial charge in [0.1, 0.15) is 23.6 Å². The number of fused-ring (bicyclic) bond motifs is 2. The number of H-pyrrole nitrogens is 1. The highest BCUT2D eigenvalue weighted by atomic mass is 19.3. The van der Waals surface area contributed by atoms with E-state index in [0.29, 0.717) is 19.4 Å². The number of piperidine rings is 1. The number of nitriles is 1. The number of nitrogens with one attached hydrogen (secondary N) is 3. The van der Waals surface area contributed by atoms with E-state index in [0.717, 1.165) is 23.1 Å². The molecule has 13 heteroatoms. The fraction of sp³-hybridized carbons (Fsp3) is 0.538. The van der Waals surface area contributed by atoms with Crippen molar-refractivity contribution in [2.45, 2.75) is 56.5 Å². The summed E-state index contributed by atoms with van der Waals surface area (Å²) < 4.78 is 69.9. The van der Waals surface area contributed by atoms with Crippen LogP contribution in [0, 0.1) is 34.9 Å². The molecule has 3 N–H and O–H groups in total. The Bertz CT molecular complexity index is 1360. The number of aromatic nitrogens is 1. The maximum absolute atomic E-state index is 14.4. The van der Waals surface area contributed by atoms with Crippen LogP contribution in [0.2, 0.25) is 0 Å². The molecule has 2 aromatic rings. The van der Waals surface area contributed by atoms with Crippen molar-refractivity contribution in [2.24, 2.45) is 17.8 Å². The maximum atomic E-state index is 14.4. The lowest BCUT2D eigenvalue weighted by Crippen LogP contribution is -2.52. The lowest BCUT2D eigenvalue weighted by Gasteiger charge is -2.29. The molecule has 39 heavy (non-hydrogen) atoms. The molecule has 208 valence electrons. The van der Waals surface area contributed by atoms with Crippen LogP contribution in [0.1, 0.15) is 54.6 Å². The van der Waals surface area contributed by atoms with Crippen molar-refractivity contribution < 1.29 is 36.3 Å². The highest BCUT2D eigenvalue weighted by Gasteiger charge is 2.58. The molecule has 5 atom stereocenters. The van der Waals surface area contributed by atoms with Gasteiger partial charge in [-0.2, -0.15) is 5.26 Å². The van der Waals surface area contributed by atoms with E-state index in [4.69, 9.17) is 0 Å². The molecule has 0 spiro atoms. The average molecular weight is 552 g/mol. The number of carbonyl (C=O) groups is 3. The van der Waals surface area contributed by atoms with E-state index in [-0.39, 0.29) is 35.5 Å². The van der Waals surface area contributed by atoms with Gasteiger partial charge in [-0.05, 0) is 49.3 Å². The second kappa shape index (κ2) is 10.1. The van der Waals surface area contributed by atoms with Gasteiger partial charge in [0.15, 0.2) is 0 Å². The monoisotopic (exact) mass is 551 g/mol. The molecule has 0 unspecified atom stereocenters. The standard InChI is InChI=1S/C26H26F5N5O3/c27-18-4-3-15(22(28)29)20-16(18)7-19(35-20)25(39)36-11-13-8-26(30,31)9-17(13)21(36)24(38)34-14(10-32)6-12-2-1-5-33-23(12)37/h3-4,7,12-14,17,21-22,35H,1-2,5-6,8-9,11H2,(H,33,37)(H,34,38)/t12-,13+,14+,17+,21-/m1/s1. The second-order valence-corrected chi connectivity index (χ2v) is 10.6. The summed E-state index contributed by atoms with van der Waals surface area (Å²) in [6.07, 6.45) is -2.86. The predicted octanol–water partition coefficient (Wildman–Crippen LogP) is 3.66. The molecule has 5 rings (SSSR count). The number of benzene rings is 1. The molecule has 0 bridgehead atoms. The Morgan fingerprint density at radius 1 is 1.26 bits per heavy atom. The fourth-order valence-corrected chi connectivity index (χ4v) is 6.25. The zero-order valence-corrected chi connectivity index (χ0v) is 20.7. The number of halogens is 5. The van der Waals surface area contributed by atoms with Crippen molar-refractivity contribution in [3.8, 4) is 6.07 Å². The van der Waals surface area contributed by atoms with E-state index in [1.54, 1.807) is 0 Å². The number of hydrogen-bond donors (Lipinski definition) is 3. The summed E-state index contributed by atoms with van der Waals surface area (Å²) in [4.78, 5) is 42.7. The van der Waals surface area contributed by atoms with E-state index >= 15 is 0 Å². The zero-order chi connectivity index (χ0) is 28.1. The van der Waals surface area contributed by atoms with Gasteiger partial charge in [0.2, 0.25) is 17.7 Å². The number of aromatic amines is 1. The highest BCUT2D eigenvalue weighted by molar-refractivity contribution is 6.01. The summed E-state index contributed by atoms with van der Waals surface area (Å²) in [7, 11) is 0. The minimum atomic E-state index is -3.03. The first-order valence-electron chi connectivity index (χ1n) is 12.7. The number of amides is 3. The number of rotatable bonds is 6. The lowest BCUT2D eigenvalue weighted by atomic mass is 9.90. The maximum Gasteiger partial charge on any atom is 0.271 e. The van der Waals surface area contributed by atoms with Gasteiger partial charge in [-0.3, -0.25) is 14.4 Å². The molecule has 1 aromatic carbocycles. The van der Waals surface area contributed by atoms with Gasteiger partial charge < -0.3 is 20.5 Å². The minimum absolute atomic E-state index is 0.0245. The van der Waals surface area contributed by atoms with Gasteiger partial charge in [-0.1, -0.05) is 0 Å². The third-order valence-electron chi connectivity index (χ3n) is 8.03. The number of alkyl halides is 4. The van der Waals surface area contributed by atoms with Gasteiger partial charge in [0.25, 0.3) is 12.3 Å². The topological polar surface area (TPSA) is 118 Å². The van der Waals surface area contributed by atoms with Crippen LogP contribution >= 0.6 is 0 Å². The summed E-state index contributed by atoms with van der Waals surface area (Å²) in [5.41, 5.74) is -1.05. The Morgan fingerprint density at radius 2 is 2.03 bits per heavy atom. The lowest BCUT2D eigenvalue weighted by molar-refractivity contribution is -0.129. The molecule has 0 radical (unpaired) electrons. The number of hydrogen-bond acceptors (Lipinski definition) is 4. The van der Waals surface area contributed by atoms with E-state index < -0.39 is 78.2 Å². The Balaban J connectivity index is 1.42. The van der Waals surface area contributed by atoms with Crippen LogP contribution < -0.4 is 10.6 Å². The van der Waals surface area contributed by atoms with Gasteiger partial charge in [0, 0.05) is 42.8 Å². The van der Waals surface area contributed by atoms with Crippen molar-refractivity contribution >= 4 is 28.6 Å². The first kappa shape index (κ1) is 26.9. The van der Waals surface area contributed by atoms with E-state index in [2.05, 4.69) is 15.6 Å². The minimum Gasteiger partial charge on any atom is -0.356 e. The van der Waals surface area contributed by atoms with Crippen LogP contribution in [0.4, 0.5) is 22.0 Å². The van der Waals surface area contributed by atoms with Crippen molar-refractivity contribution in [1.29, 1.82) is 5.26 Å². The summed E-state index contributed by atoms with van der Waals surface area (Å²) in [6, 6.07) is 2.30. The van der Waals surface area contributed by atoms with Crippen LogP contribution in [0.5, 0.6) is 0 Å². The quantitative estimate of drug-likeness (QED) is 0.475. The van der Waals surface area contributed by atoms with E-state index in [9.17, 15) is 41.6 Å². The van der Waals surface area contributed by atoms with E-state index in [1.807, 2.05) is 6.07 Å². The molecule has 1 saturated carbocycles. The highest BCUT2D eigenvalue weighted by Crippen LogP contribution is 2.50. The van der Waals surface area contributed by atoms with Crippen LogP contribution in [-0.2, 0) is 9.59 Å². The Hall–Kier alpha value is -3.69. The van der Waals surface area contributed by atoms with Gasteiger partial charge >= 0.3 is 0 Å². The molecule has 3 aliphatic rings. The first-order chi connectivity index (χ1) is 18.5. The summed E-state index contributed by atoms with van der Waals surface area (Å²) in [6.45, 7) is 0.324. The van der Waals surface area contributed by atoms with Crippen molar-refractivity contribution in [3.63, 3.8) is 0 Å². The normalized spacial score (nSPS) is 26.8. The predicted molar refractivity (Wildman–Crippen MR) is 127 cm³/mol. The van der Waals surface area contributed by atoms with Crippen LogP contribution in [0.3, 0.4) is 0 Å². The molecule has 8 nitrogen and oxygen atoms in total. The fourth-order valence-electron chi connectivity index (χ4n) is 6.25. The van der Waals surface area contributed by atoms with E-state index in [1.165, 1.54) is 0 Å². The average Bonchev–Trinajstić information content (AvgIpc) is 3.54. The third-order valence-corrected chi connectivity index (χ3v) is 8.03. The molecular weight excluding hydrogens is 525 g/mol. The molecule has 2 saturated heterocycles. The van der Waals surface area contributed by atoms with Crippen molar-refractivity contribution in [3.05, 3.63) is 35.3 Å². The largest absolute Gasteiger partial charge is 0.356 e. The molecule has 3 heterocycles. The summed E-state index contributed by atoms with van der Waals surface area (Å²) in [5, 5.41) is 14.6. The molecule has 2 aliphatic heterocycles. The summed E-state index contributed by atoms with van der Waals surface area (Å²) in [5.74, 6) is -7.86. The first-order valence-corrected chi connectivity index (χ1v) is 12.7. The number of likely N-dealkylation sites (tertiary alicyclic amines) is 1. The molecule has 1 aromatic heterocycles. The van der Waals surface area contributed by atoms with Crippen molar-refractivity contribution in [1.82, 2.24) is 20.5 Å². The molecule has 1 aliphatic carbocycles. The van der Waals surface area contributed by atoms with Gasteiger partial charge in [-0.25, -0.2) is 22.0 Å². The molecule has 3 amide bonds. The SMILES string of the molecule is N#C[C@H](C[C@H]1CCCNC1=O)NC(=O)[C@H]1[C@H]2CC(F)(F)C[C@H]2CN1C(=O)c1cc2c(F)ccc(C(F)F)c2[nH]1. The Kier molecular flexibility index (Phi) is 6.99. The van der Waals surface area contributed by atoms with Crippen LogP contribution in [0.15, 0.2) is 18.2 Å². The third kappa shape index (κ3) is 5.04. The summed E-state index contributed by atoms with van der Waals surface area (Å²) >= 11 is 0.